The summed E-state index contributed by atoms with van der Waals surface area (Å²) < 4.78 is 29.3. The molecular weight excluding hydrogens is 444 g/mol. The molecular formula is C24H31F2N5O3. The first kappa shape index (κ1) is 24.3. The number of amides is 1. The molecule has 2 atom stereocenters. The quantitative estimate of drug-likeness (QED) is 0.517. The average Bonchev–Trinajstić information content (AvgIpc) is 3.40. The molecule has 34 heavy (non-hydrogen) atoms. The van der Waals surface area contributed by atoms with Gasteiger partial charge in [0.2, 0.25) is 5.91 Å². The molecule has 1 saturated heterocycles. The van der Waals surface area contributed by atoms with Gasteiger partial charge in [-0.25, -0.2) is 29.4 Å². The van der Waals surface area contributed by atoms with Gasteiger partial charge in [-0.05, 0) is 37.7 Å². The molecule has 1 aromatic carbocycles. The van der Waals surface area contributed by atoms with E-state index in [2.05, 4.69) is 25.7 Å². The van der Waals surface area contributed by atoms with Gasteiger partial charge in [-0.15, -0.1) is 0 Å². The molecule has 0 spiro atoms. The molecule has 4 N–H and O–H groups in total. The van der Waals surface area contributed by atoms with Gasteiger partial charge in [0.25, 0.3) is 0 Å². The van der Waals surface area contributed by atoms with E-state index in [0.29, 0.717) is 30.9 Å². The highest BCUT2D eigenvalue weighted by atomic mass is 19.2. The number of carboxylic acids is 1. The van der Waals surface area contributed by atoms with Gasteiger partial charge in [-0.3, -0.25) is 4.79 Å². The van der Waals surface area contributed by atoms with Crippen LogP contribution >= 0.6 is 0 Å². The van der Waals surface area contributed by atoms with Crippen LogP contribution in [0, 0.1) is 17.6 Å². The van der Waals surface area contributed by atoms with Crippen molar-refractivity contribution in [1.82, 2.24) is 20.4 Å². The smallest absolute Gasteiger partial charge is 0.337 e. The second kappa shape index (κ2) is 10.6. The van der Waals surface area contributed by atoms with Crippen molar-refractivity contribution in [2.75, 3.05) is 5.32 Å². The number of anilines is 1. The van der Waals surface area contributed by atoms with E-state index in [-0.39, 0.29) is 5.69 Å². The average molecular weight is 476 g/mol. The number of halogens is 2. The van der Waals surface area contributed by atoms with Crippen molar-refractivity contribution < 1.29 is 23.5 Å². The number of carbonyl (C=O) groups excluding carboxylic acids is 1. The monoisotopic (exact) mass is 475 g/mol. The molecule has 1 saturated carbocycles. The number of aromatic nitrogens is 2. The molecule has 0 bridgehead atoms. The van der Waals surface area contributed by atoms with Gasteiger partial charge in [0.15, 0.2) is 11.6 Å². The Hall–Kier alpha value is -2.85. The van der Waals surface area contributed by atoms with E-state index in [4.69, 9.17) is 0 Å². The minimum Gasteiger partial charge on any atom is -0.478 e. The molecule has 4 rings (SSSR count). The van der Waals surface area contributed by atoms with E-state index in [1.54, 1.807) is 12.5 Å². The van der Waals surface area contributed by atoms with Gasteiger partial charge in [0, 0.05) is 18.5 Å². The Labute approximate surface area is 197 Å². The summed E-state index contributed by atoms with van der Waals surface area (Å²) in [6.07, 6.45) is 16.0. The second-order valence-electron chi connectivity index (χ2n) is 9.26. The van der Waals surface area contributed by atoms with Crippen LogP contribution in [0.1, 0.15) is 74.6 Å². The minimum absolute atomic E-state index is 0.277. The van der Waals surface area contributed by atoms with Crippen molar-refractivity contribution in [2.45, 2.75) is 75.9 Å². The minimum atomic E-state index is -1.46. The highest BCUT2D eigenvalue weighted by Crippen LogP contribution is 2.39. The van der Waals surface area contributed by atoms with Gasteiger partial charge in [0.1, 0.15) is 11.7 Å². The van der Waals surface area contributed by atoms with Gasteiger partial charge < -0.3 is 15.0 Å². The molecule has 2 heterocycles. The normalized spacial score (nSPS) is 24.6. The van der Waals surface area contributed by atoms with Crippen molar-refractivity contribution in [3.05, 3.63) is 48.1 Å². The van der Waals surface area contributed by atoms with Crippen LogP contribution in [0.25, 0.3) is 0 Å². The van der Waals surface area contributed by atoms with E-state index in [9.17, 15) is 23.5 Å². The molecule has 10 heteroatoms. The number of carbonyl (C=O) groups is 2. The van der Waals surface area contributed by atoms with E-state index in [1.807, 2.05) is 6.20 Å². The largest absolute Gasteiger partial charge is 0.478 e. The maximum absolute atomic E-state index is 13.7. The zero-order chi connectivity index (χ0) is 24.1. The van der Waals surface area contributed by atoms with Crippen LogP contribution in [0.5, 0.6) is 0 Å². The molecule has 8 nitrogen and oxygen atoms in total. The first-order valence-corrected chi connectivity index (χ1v) is 11.9. The maximum Gasteiger partial charge on any atom is 0.337 e. The SMILES string of the molecule is O=C(O)c1cc(F)c(F)cc1NC(=O)C1CCC(C2CCCCCCCC2)(n2ccnc2)NN1. The van der Waals surface area contributed by atoms with Crippen molar-refractivity contribution >= 4 is 17.6 Å². The van der Waals surface area contributed by atoms with Crippen molar-refractivity contribution in [3.8, 4) is 0 Å². The summed E-state index contributed by atoms with van der Waals surface area (Å²) in [5, 5.41) is 11.8. The summed E-state index contributed by atoms with van der Waals surface area (Å²) >= 11 is 0. The molecule has 2 fully saturated rings. The van der Waals surface area contributed by atoms with Crippen LogP contribution in [0.4, 0.5) is 14.5 Å². The lowest BCUT2D eigenvalue weighted by molar-refractivity contribution is -0.120. The number of aromatic carboxylic acids is 1. The van der Waals surface area contributed by atoms with Gasteiger partial charge in [0.05, 0.1) is 17.6 Å². The molecule has 2 aromatic rings. The number of rotatable bonds is 5. The summed E-state index contributed by atoms with van der Waals surface area (Å²) in [6.45, 7) is 0. The predicted octanol–water partition coefficient (Wildman–Crippen LogP) is 4.16. The zero-order valence-electron chi connectivity index (χ0n) is 19.0. The Balaban J connectivity index is 1.50. The standard InChI is InChI=1S/C24H31F2N5O3/c25-18-13-17(23(33)34)21(14-19(18)26)28-22(32)20-9-10-24(30-29-20,31-12-11-27-15-31)16-7-5-3-1-2-4-6-8-16/h11-16,20,29-30H,1-10H2,(H,28,32)(H,33,34). The van der Waals surface area contributed by atoms with Gasteiger partial charge >= 0.3 is 5.97 Å². The van der Waals surface area contributed by atoms with Crippen LogP contribution in [-0.2, 0) is 10.5 Å². The Bertz CT molecular complexity index is 996. The highest BCUT2D eigenvalue weighted by molar-refractivity contribution is 6.02. The third-order valence-corrected chi connectivity index (χ3v) is 7.14. The Kier molecular flexibility index (Phi) is 7.57. The van der Waals surface area contributed by atoms with Crippen LogP contribution in [-0.4, -0.2) is 32.6 Å². The summed E-state index contributed by atoms with van der Waals surface area (Å²) in [4.78, 5) is 28.6. The molecule has 2 unspecified atom stereocenters. The number of hydrazine groups is 1. The molecule has 1 aliphatic heterocycles. The van der Waals surface area contributed by atoms with E-state index < -0.39 is 40.8 Å². The fourth-order valence-electron chi connectivity index (χ4n) is 5.27. The Morgan fingerprint density at radius 3 is 2.32 bits per heavy atom. The van der Waals surface area contributed by atoms with E-state index in [1.165, 1.54) is 25.7 Å². The summed E-state index contributed by atoms with van der Waals surface area (Å²) in [7, 11) is 0. The van der Waals surface area contributed by atoms with Crippen LogP contribution in [0.2, 0.25) is 0 Å². The second-order valence-corrected chi connectivity index (χ2v) is 9.26. The number of carboxylic acid groups (broad SMARTS) is 1. The molecule has 0 radical (unpaired) electrons. The number of nitrogens with zero attached hydrogens (tertiary/aromatic N) is 2. The topological polar surface area (TPSA) is 108 Å². The molecule has 1 aromatic heterocycles. The van der Waals surface area contributed by atoms with Crippen LogP contribution in [0.15, 0.2) is 30.9 Å². The molecule has 2 aliphatic rings. The highest BCUT2D eigenvalue weighted by Gasteiger charge is 2.44. The van der Waals surface area contributed by atoms with Crippen LogP contribution in [0.3, 0.4) is 0 Å². The number of hydrogen-bond donors (Lipinski definition) is 4. The predicted molar refractivity (Wildman–Crippen MR) is 122 cm³/mol. The molecule has 184 valence electrons. The number of hydrogen-bond acceptors (Lipinski definition) is 5. The third kappa shape index (κ3) is 5.12. The third-order valence-electron chi connectivity index (χ3n) is 7.14. The number of nitrogens with one attached hydrogen (secondary N) is 3. The van der Waals surface area contributed by atoms with Crippen molar-refractivity contribution in [2.24, 2.45) is 5.92 Å². The number of imidazole rings is 1. The Morgan fingerprint density at radius 1 is 1.06 bits per heavy atom. The molecule has 1 aliphatic carbocycles. The van der Waals surface area contributed by atoms with Crippen LogP contribution < -0.4 is 16.2 Å². The molecule has 1 amide bonds. The Morgan fingerprint density at radius 2 is 1.74 bits per heavy atom. The first-order valence-electron chi connectivity index (χ1n) is 11.9. The number of benzene rings is 1. The van der Waals surface area contributed by atoms with E-state index >= 15 is 0 Å². The van der Waals surface area contributed by atoms with E-state index in [0.717, 1.165) is 25.7 Å². The van der Waals surface area contributed by atoms with Gasteiger partial charge in [-0.2, -0.15) is 0 Å². The lowest BCUT2D eigenvalue weighted by Crippen LogP contribution is -2.65. The zero-order valence-corrected chi connectivity index (χ0v) is 19.0. The van der Waals surface area contributed by atoms with Crippen molar-refractivity contribution in [1.29, 1.82) is 0 Å². The lowest BCUT2D eigenvalue weighted by atomic mass is 9.79. The first-order chi connectivity index (χ1) is 16.4. The fourth-order valence-corrected chi connectivity index (χ4v) is 5.27. The summed E-state index contributed by atoms with van der Waals surface area (Å²) in [5.74, 6) is -4.14. The summed E-state index contributed by atoms with van der Waals surface area (Å²) in [5.41, 5.74) is 5.30. The van der Waals surface area contributed by atoms with Gasteiger partial charge in [-0.1, -0.05) is 38.5 Å². The fraction of sp³-hybridized carbons (Fsp3) is 0.542. The van der Waals surface area contributed by atoms with Crippen molar-refractivity contribution in [3.63, 3.8) is 0 Å². The lowest BCUT2D eigenvalue weighted by Gasteiger charge is -2.47. The maximum atomic E-state index is 13.7. The summed E-state index contributed by atoms with van der Waals surface area (Å²) in [6, 6.07) is 0.587.